The Morgan fingerprint density at radius 3 is 2.86 bits per heavy atom. The summed E-state index contributed by atoms with van der Waals surface area (Å²) >= 11 is 7.37. The lowest BCUT2D eigenvalue weighted by Crippen LogP contribution is -2.28. The summed E-state index contributed by atoms with van der Waals surface area (Å²) in [5.74, 6) is 0. The van der Waals surface area contributed by atoms with Gasteiger partial charge in [0, 0.05) is 18.0 Å². The molecular weight excluding hydrogens is 220 g/mol. The third-order valence-electron chi connectivity index (χ3n) is 1.90. The van der Waals surface area contributed by atoms with E-state index in [2.05, 4.69) is 5.32 Å². The number of rotatable bonds is 6. The van der Waals surface area contributed by atoms with Gasteiger partial charge in [0.2, 0.25) is 0 Å². The number of hydrogen-bond acceptors (Lipinski definition) is 4. The molecule has 0 radical (unpaired) electrons. The van der Waals surface area contributed by atoms with Crippen molar-refractivity contribution in [3.8, 4) is 0 Å². The molecule has 1 atom stereocenters. The normalized spacial score (nSPS) is 13.1. The first-order valence-corrected chi connectivity index (χ1v) is 5.77. The quantitative estimate of drug-likeness (QED) is 0.652. The lowest BCUT2D eigenvalue weighted by Gasteiger charge is -2.14. The highest BCUT2D eigenvalue weighted by atomic mass is 35.5. The van der Waals surface area contributed by atoms with E-state index in [0.717, 1.165) is 22.2 Å². The summed E-state index contributed by atoms with van der Waals surface area (Å²) < 4.78 is 0.780. The summed E-state index contributed by atoms with van der Waals surface area (Å²) in [6.45, 7) is 1.52. The lowest BCUT2D eigenvalue weighted by atomic mass is 10.2. The zero-order valence-electron chi connectivity index (χ0n) is 7.87. The Labute approximate surface area is 92.9 Å². The van der Waals surface area contributed by atoms with Crippen molar-refractivity contribution in [2.24, 2.45) is 5.73 Å². The van der Waals surface area contributed by atoms with Gasteiger partial charge in [-0.2, -0.15) is 0 Å². The van der Waals surface area contributed by atoms with Gasteiger partial charge in [0.1, 0.15) is 0 Å². The molecule has 0 aliphatic carbocycles. The standard InChI is InChI=1S/C9H15ClN2OS/c10-9-3-2-8(14-9)7(6-11)12-4-1-5-13/h2-3,7,12-13H,1,4-6,11H2. The molecule has 0 amide bonds. The van der Waals surface area contributed by atoms with Crippen LogP contribution in [0.25, 0.3) is 0 Å². The molecular formula is C9H15ClN2OS. The minimum absolute atomic E-state index is 0.152. The Morgan fingerprint density at radius 2 is 2.36 bits per heavy atom. The maximum Gasteiger partial charge on any atom is 0.0931 e. The smallest absolute Gasteiger partial charge is 0.0931 e. The van der Waals surface area contributed by atoms with Gasteiger partial charge >= 0.3 is 0 Å². The Morgan fingerprint density at radius 1 is 1.57 bits per heavy atom. The molecule has 0 fully saturated rings. The minimum Gasteiger partial charge on any atom is -0.396 e. The van der Waals surface area contributed by atoms with Gasteiger partial charge < -0.3 is 16.2 Å². The number of aliphatic hydroxyl groups excluding tert-OH is 1. The minimum atomic E-state index is 0.152. The van der Waals surface area contributed by atoms with Crippen LogP contribution in [0.2, 0.25) is 4.34 Å². The molecule has 1 rings (SSSR count). The van der Waals surface area contributed by atoms with Gasteiger partial charge in [0.25, 0.3) is 0 Å². The molecule has 0 aliphatic rings. The van der Waals surface area contributed by atoms with Crippen LogP contribution in [0.4, 0.5) is 0 Å². The Balaban J connectivity index is 2.45. The van der Waals surface area contributed by atoms with Crippen molar-refractivity contribution in [3.63, 3.8) is 0 Å². The van der Waals surface area contributed by atoms with Gasteiger partial charge in [-0.25, -0.2) is 0 Å². The molecule has 4 N–H and O–H groups in total. The molecule has 0 aliphatic heterocycles. The summed E-state index contributed by atoms with van der Waals surface area (Å²) in [6.07, 6.45) is 0.746. The second-order valence-corrected chi connectivity index (χ2v) is 4.71. The van der Waals surface area contributed by atoms with E-state index in [1.807, 2.05) is 12.1 Å². The number of hydrogen-bond donors (Lipinski definition) is 3. The molecule has 0 saturated carbocycles. The van der Waals surface area contributed by atoms with Crippen molar-refractivity contribution in [3.05, 3.63) is 21.3 Å². The predicted octanol–water partition coefficient (Wildman–Crippen LogP) is 1.37. The molecule has 0 aromatic carbocycles. The summed E-state index contributed by atoms with van der Waals surface area (Å²) in [6, 6.07) is 4.01. The average molecular weight is 235 g/mol. The van der Waals surface area contributed by atoms with Crippen LogP contribution in [0.1, 0.15) is 17.3 Å². The molecule has 80 valence electrons. The van der Waals surface area contributed by atoms with E-state index in [1.54, 1.807) is 0 Å². The van der Waals surface area contributed by atoms with E-state index in [-0.39, 0.29) is 12.6 Å². The predicted molar refractivity (Wildman–Crippen MR) is 60.8 cm³/mol. The fourth-order valence-corrected chi connectivity index (χ4v) is 2.32. The first-order valence-electron chi connectivity index (χ1n) is 4.57. The molecule has 0 spiro atoms. The zero-order chi connectivity index (χ0) is 10.4. The number of nitrogens with two attached hydrogens (primary N) is 1. The molecule has 0 saturated heterocycles. The monoisotopic (exact) mass is 234 g/mol. The van der Waals surface area contributed by atoms with E-state index in [1.165, 1.54) is 11.3 Å². The Hall–Kier alpha value is -0.130. The van der Waals surface area contributed by atoms with Crippen LogP contribution in [0.15, 0.2) is 12.1 Å². The van der Waals surface area contributed by atoms with Crippen molar-refractivity contribution in [2.75, 3.05) is 19.7 Å². The topological polar surface area (TPSA) is 58.3 Å². The van der Waals surface area contributed by atoms with Crippen molar-refractivity contribution in [1.29, 1.82) is 0 Å². The first-order chi connectivity index (χ1) is 6.77. The number of aliphatic hydroxyl groups is 1. The van der Waals surface area contributed by atoms with Crippen LogP contribution in [0.3, 0.4) is 0 Å². The van der Waals surface area contributed by atoms with Crippen molar-refractivity contribution in [1.82, 2.24) is 5.32 Å². The third kappa shape index (κ3) is 3.55. The van der Waals surface area contributed by atoms with Crippen LogP contribution in [-0.4, -0.2) is 24.8 Å². The van der Waals surface area contributed by atoms with Gasteiger partial charge in [-0.1, -0.05) is 11.6 Å². The van der Waals surface area contributed by atoms with E-state index < -0.39 is 0 Å². The SMILES string of the molecule is NCC(NCCCO)c1ccc(Cl)s1. The van der Waals surface area contributed by atoms with Gasteiger partial charge in [-0.05, 0) is 25.1 Å². The van der Waals surface area contributed by atoms with E-state index in [4.69, 9.17) is 22.4 Å². The first kappa shape index (κ1) is 11.9. The zero-order valence-corrected chi connectivity index (χ0v) is 9.44. The molecule has 1 unspecified atom stereocenters. The molecule has 0 bridgehead atoms. The molecule has 3 nitrogen and oxygen atoms in total. The second kappa shape index (κ2) is 6.37. The third-order valence-corrected chi connectivity index (χ3v) is 3.24. The molecule has 1 heterocycles. The molecule has 5 heteroatoms. The van der Waals surface area contributed by atoms with E-state index >= 15 is 0 Å². The molecule has 1 aromatic rings. The van der Waals surface area contributed by atoms with Gasteiger partial charge in [0.15, 0.2) is 0 Å². The largest absolute Gasteiger partial charge is 0.396 e. The Kier molecular flexibility index (Phi) is 5.44. The van der Waals surface area contributed by atoms with Crippen LogP contribution >= 0.6 is 22.9 Å². The highest BCUT2D eigenvalue weighted by Gasteiger charge is 2.10. The fraction of sp³-hybridized carbons (Fsp3) is 0.556. The van der Waals surface area contributed by atoms with E-state index in [0.29, 0.717) is 6.54 Å². The summed E-state index contributed by atoms with van der Waals surface area (Å²) in [4.78, 5) is 1.15. The number of thiophene rings is 1. The second-order valence-electron chi connectivity index (χ2n) is 2.96. The van der Waals surface area contributed by atoms with Crippen LogP contribution in [0.5, 0.6) is 0 Å². The number of nitrogens with one attached hydrogen (secondary N) is 1. The molecule has 1 aromatic heterocycles. The maximum atomic E-state index is 8.64. The van der Waals surface area contributed by atoms with Crippen molar-refractivity contribution in [2.45, 2.75) is 12.5 Å². The fourth-order valence-electron chi connectivity index (χ4n) is 1.17. The van der Waals surface area contributed by atoms with Gasteiger partial charge in [-0.15, -0.1) is 11.3 Å². The highest BCUT2D eigenvalue weighted by molar-refractivity contribution is 7.16. The summed E-state index contributed by atoms with van der Waals surface area (Å²) in [7, 11) is 0. The van der Waals surface area contributed by atoms with Crippen LogP contribution in [0, 0.1) is 0 Å². The molecule has 14 heavy (non-hydrogen) atoms. The lowest BCUT2D eigenvalue weighted by molar-refractivity contribution is 0.283. The number of halogens is 1. The van der Waals surface area contributed by atoms with Gasteiger partial charge in [0.05, 0.1) is 10.4 Å². The van der Waals surface area contributed by atoms with Crippen LogP contribution < -0.4 is 11.1 Å². The average Bonchev–Trinajstić information content (AvgIpc) is 2.60. The summed E-state index contributed by atoms with van der Waals surface area (Å²) in [5, 5.41) is 11.9. The highest BCUT2D eigenvalue weighted by Crippen LogP contribution is 2.26. The van der Waals surface area contributed by atoms with E-state index in [9.17, 15) is 0 Å². The Bertz CT molecular complexity index is 267. The van der Waals surface area contributed by atoms with Crippen LogP contribution in [-0.2, 0) is 0 Å². The van der Waals surface area contributed by atoms with Crippen molar-refractivity contribution >= 4 is 22.9 Å². The van der Waals surface area contributed by atoms with Crippen molar-refractivity contribution < 1.29 is 5.11 Å². The van der Waals surface area contributed by atoms with Gasteiger partial charge in [-0.3, -0.25) is 0 Å². The summed E-state index contributed by atoms with van der Waals surface area (Å²) in [5.41, 5.74) is 5.63. The maximum absolute atomic E-state index is 8.64.